The van der Waals surface area contributed by atoms with Crippen molar-refractivity contribution in [3.05, 3.63) is 60.7 Å². The normalized spacial score (nSPS) is 11.1. The van der Waals surface area contributed by atoms with Crippen molar-refractivity contribution in [2.45, 2.75) is 0 Å². The van der Waals surface area contributed by atoms with Crippen molar-refractivity contribution in [2.24, 2.45) is 5.22 Å². The van der Waals surface area contributed by atoms with Gasteiger partial charge in [0.1, 0.15) is 18.0 Å². The number of rotatable bonds is 4. The molecule has 0 aromatic heterocycles. The minimum Gasteiger partial charge on any atom is -0.202 e. The van der Waals surface area contributed by atoms with Crippen LogP contribution in [-0.4, -0.2) is 18.8 Å². The third kappa shape index (κ3) is 3.07. The monoisotopic (exact) mass is 241 g/mol. The van der Waals surface area contributed by atoms with Crippen LogP contribution in [0.15, 0.2) is 65.9 Å². The summed E-state index contributed by atoms with van der Waals surface area (Å²) in [7, 11) is 3.83. The molecule has 0 amide bonds. The van der Waals surface area contributed by atoms with Gasteiger partial charge < -0.3 is 0 Å². The molecule has 0 unspecified atom stereocenters. The molecular formula is C14H17N4+. The van der Waals surface area contributed by atoms with E-state index in [1.807, 2.05) is 79.8 Å². The van der Waals surface area contributed by atoms with Gasteiger partial charge in [-0.2, -0.15) is 0 Å². The first-order chi connectivity index (χ1) is 8.77. The third-order valence-electron chi connectivity index (χ3n) is 2.62. The zero-order valence-electron chi connectivity index (χ0n) is 10.6. The van der Waals surface area contributed by atoms with E-state index in [9.17, 15) is 0 Å². The van der Waals surface area contributed by atoms with Crippen molar-refractivity contribution in [1.82, 2.24) is 5.53 Å². The largest absolute Gasteiger partial charge is 0.202 e. The summed E-state index contributed by atoms with van der Waals surface area (Å²) in [5.74, 6) is 0. The fourth-order valence-corrected chi connectivity index (χ4v) is 1.54. The second-order valence-electron chi connectivity index (χ2n) is 3.95. The van der Waals surface area contributed by atoms with E-state index < -0.39 is 0 Å². The molecule has 4 heteroatoms. The van der Waals surface area contributed by atoms with Gasteiger partial charge in [-0.25, -0.2) is 5.01 Å². The lowest BCUT2D eigenvalue weighted by Gasteiger charge is -2.11. The number of anilines is 1. The highest BCUT2D eigenvalue weighted by atomic mass is 15.7. The van der Waals surface area contributed by atoms with E-state index in [2.05, 4.69) is 10.8 Å². The summed E-state index contributed by atoms with van der Waals surface area (Å²) in [5, 5.41) is 6.14. The summed E-state index contributed by atoms with van der Waals surface area (Å²) in [6.07, 6.45) is 0. The molecule has 0 saturated carbocycles. The molecule has 2 aromatic rings. The molecule has 0 aliphatic heterocycles. The van der Waals surface area contributed by atoms with Gasteiger partial charge in [0.25, 0.3) is 0 Å². The van der Waals surface area contributed by atoms with E-state index in [1.54, 1.807) is 4.70 Å². The van der Waals surface area contributed by atoms with E-state index in [-0.39, 0.29) is 0 Å². The maximum absolute atomic E-state index is 4.28. The third-order valence-corrected chi connectivity index (χ3v) is 2.62. The molecule has 0 atom stereocenters. The molecule has 0 bridgehead atoms. The number of nitrogens with one attached hydrogen (secondary N) is 1. The van der Waals surface area contributed by atoms with Crippen LogP contribution in [0.25, 0.3) is 0 Å². The second-order valence-corrected chi connectivity index (χ2v) is 3.95. The van der Waals surface area contributed by atoms with Crippen molar-refractivity contribution in [3.8, 4) is 0 Å². The Morgan fingerprint density at radius 1 is 0.944 bits per heavy atom. The molecule has 0 saturated heterocycles. The van der Waals surface area contributed by atoms with E-state index in [0.717, 1.165) is 11.4 Å². The van der Waals surface area contributed by atoms with Crippen LogP contribution in [0.5, 0.6) is 0 Å². The summed E-state index contributed by atoms with van der Waals surface area (Å²) in [4.78, 5) is 0. The van der Waals surface area contributed by atoms with Gasteiger partial charge in [-0.15, -0.1) is 4.70 Å². The minimum absolute atomic E-state index is 1.03. The minimum atomic E-state index is 1.03. The Hall–Kier alpha value is -2.36. The van der Waals surface area contributed by atoms with Gasteiger partial charge >= 0.3 is 0 Å². The molecule has 0 heterocycles. The van der Waals surface area contributed by atoms with Crippen molar-refractivity contribution in [1.29, 1.82) is 0 Å². The average Bonchev–Trinajstić information content (AvgIpc) is 2.46. The number of benzene rings is 2. The predicted molar refractivity (Wildman–Crippen MR) is 72.7 cm³/mol. The van der Waals surface area contributed by atoms with Crippen LogP contribution in [-0.2, 0) is 0 Å². The van der Waals surface area contributed by atoms with E-state index in [4.69, 9.17) is 0 Å². The Bertz CT molecular complexity index is 508. The average molecular weight is 241 g/mol. The van der Waals surface area contributed by atoms with E-state index >= 15 is 0 Å². The van der Waals surface area contributed by atoms with Crippen molar-refractivity contribution in [3.63, 3.8) is 0 Å². The summed E-state index contributed by atoms with van der Waals surface area (Å²) in [6.45, 7) is 0. The van der Waals surface area contributed by atoms with Crippen LogP contribution >= 0.6 is 0 Å². The quantitative estimate of drug-likeness (QED) is 0.507. The molecule has 0 radical (unpaired) electrons. The predicted octanol–water partition coefficient (Wildman–Crippen LogP) is 2.97. The standard InChI is InChI=1S/C14H16N4/c1-17(13-9-5-3-6-10-13)15-16-18(2)14-11-7-4-8-12-14/h3-12H,1-2H3/p+1. The van der Waals surface area contributed by atoms with Gasteiger partial charge in [0, 0.05) is 7.05 Å². The lowest BCUT2D eigenvalue weighted by atomic mass is 10.3. The first-order valence-corrected chi connectivity index (χ1v) is 5.81. The fraction of sp³-hybridized carbons (Fsp3) is 0.143. The Labute approximate surface area is 107 Å². The van der Waals surface area contributed by atoms with Crippen LogP contribution in [0.1, 0.15) is 0 Å². The van der Waals surface area contributed by atoms with E-state index in [1.165, 1.54) is 0 Å². The number of hydrogen-bond acceptors (Lipinski definition) is 2. The van der Waals surface area contributed by atoms with Crippen molar-refractivity contribution >= 4 is 11.4 Å². The fourth-order valence-electron chi connectivity index (χ4n) is 1.54. The summed E-state index contributed by atoms with van der Waals surface area (Å²) < 4.78 is 1.79. The molecule has 18 heavy (non-hydrogen) atoms. The van der Waals surface area contributed by atoms with Crippen LogP contribution in [0, 0.1) is 0 Å². The van der Waals surface area contributed by atoms with E-state index in [0.29, 0.717) is 0 Å². The highest BCUT2D eigenvalue weighted by Crippen LogP contribution is 2.10. The van der Waals surface area contributed by atoms with Crippen LogP contribution in [0.3, 0.4) is 0 Å². The van der Waals surface area contributed by atoms with Crippen molar-refractivity contribution < 1.29 is 4.70 Å². The molecule has 0 fully saturated rings. The van der Waals surface area contributed by atoms with Gasteiger partial charge in [0.05, 0.1) is 5.69 Å². The number of hydrazine groups is 1. The number of para-hydroxylation sites is 2. The molecule has 4 nitrogen and oxygen atoms in total. The molecule has 2 rings (SSSR count). The molecule has 0 aliphatic rings. The summed E-state index contributed by atoms with van der Waals surface area (Å²) in [6, 6.07) is 20.0. The zero-order chi connectivity index (χ0) is 12.8. The molecule has 1 N–H and O–H groups in total. The van der Waals surface area contributed by atoms with Gasteiger partial charge in [-0.05, 0) is 24.3 Å². The molecular weight excluding hydrogens is 224 g/mol. The maximum atomic E-state index is 4.28. The van der Waals surface area contributed by atoms with Crippen LogP contribution in [0.4, 0.5) is 11.4 Å². The lowest BCUT2D eigenvalue weighted by Crippen LogP contribution is -2.30. The summed E-state index contributed by atoms with van der Waals surface area (Å²) in [5.41, 5.74) is 5.07. The van der Waals surface area contributed by atoms with Crippen molar-refractivity contribution in [2.75, 3.05) is 19.1 Å². The van der Waals surface area contributed by atoms with Gasteiger partial charge in [0.2, 0.25) is 0 Å². The Kier molecular flexibility index (Phi) is 3.91. The highest BCUT2D eigenvalue weighted by Gasteiger charge is 2.03. The van der Waals surface area contributed by atoms with Gasteiger partial charge in [0.15, 0.2) is 0 Å². The second kappa shape index (κ2) is 5.82. The number of nitrogens with zero attached hydrogens (tertiary/aromatic N) is 3. The molecule has 92 valence electrons. The van der Waals surface area contributed by atoms with Crippen LogP contribution < -0.4 is 10.5 Å². The van der Waals surface area contributed by atoms with Crippen LogP contribution in [0.2, 0.25) is 0 Å². The Morgan fingerprint density at radius 3 is 2.11 bits per heavy atom. The van der Waals surface area contributed by atoms with Gasteiger partial charge in [-0.1, -0.05) is 41.9 Å². The lowest BCUT2D eigenvalue weighted by molar-refractivity contribution is -0.488. The first kappa shape index (κ1) is 12.1. The number of hydrogen-bond donors (Lipinski definition) is 1. The first-order valence-electron chi connectivity index (χ1n) is 5.81. The zero-order valence-corrected chi connectivity index (χ0v) is 10.6. The molecule has 0 spiro atoms. The molecule has 2 aromatic carbocycles. The SMILES string of the molecule is CN(NN=[N+](C)c1ccccc1)c1ccccc1. The maximum Gasteiger partial charge on any atom is 0.149 e. The smallest absolute Gasteiger partial charge is 0.149 e. The molecule has 0 aliphatic carbocycles. The highest BCUT2D eigenvalue weighted by molar-refractivity contribution is 5.43. The Balaban J connectivity index is 2.03. The Morgan fingerprint density at radius 2 is 1.50 bits per heavy atom. The van der Waals surface area contributed by atoms with Gasteiger partial charge in [-0.3, -0.25) is 0 Å². The topological polar surface area (TPSA) is 30.6 Å². The summed E-state index contributed by atoms with van der Waals surface area (Å²) >= 11 is 0.